The van der Waals surface area contributed by atoms with E-state index in [1.807, 2.05) is 6.92 Å². The van der Waals surface area contributed by atoms with Gasteiger partial charge in [-0.1, -0.05) is 0 Å². The van der Waals surface area contributed by atoms with E-state index in [-0.39, 0.29) is 23.8 Å². The van der Waals surface area contributed by atoms with Crippen molar-refractivity contribution in [1.82, 2.24) is 29.9 Å². The number of likely N-dealkylation sites (tertiary alicyclic amines) is 1. The summed E-state index contributed by atoms with van der Waals surface area (Å²) in [6, 6.07) is 4.59. The van der Waals surface area contributed by atoms with Gasteiger partial charge in [-0.15, -0.1) is 0 Å². The fraction of sp³-hybridized carbons (Fsp3) is 0.381. The molecular weight excluding hydrogens is 439 g/mol. The van der Waals surface area contributed by atoms with Gasteiger partial charge in [0.05, 0.1) is 37.5 Å². The fourth-order valence-electron chi connectivity index (χ4n) is 3.84. The number of benzene rings is 1. The minimum absolute atomic E-state index is 0.206. The van der Waals surface area contributed by atoms with Crippen molar-refractivity contribution >= 4 is 11.7 Å². The van der Waals surface area contributed by atoms with Crippen molar-refractivity contribution in [2.45, 2.75) is 38.0 Å². The van der Waals surface area contributed by atoms with Crippen LogP contribution in [0.3, 0.4) is 0 Å². The Morgan fingerprint density at radius 2 is 1.94 bits per heavy atom. The first-order valence-electron chi connectivity index (χ1n) is 10.3. The number of aromatic nitrogens is 5. The third kappa shape index (κ3) is 4.73. The molecule has 0 aliphatic carbocycles. The summed E-state index contributed by atoms with van der Waals surface area (Å²) in [5.74, 6) is 0.577. The van der Waals surface area contributed by atoms with Crippen LogP contribution in [-0.4, -0.2) is 61.5 Å². The minimum atomic E-state index is -4.55. The Kier molecular flexibility index (Phi) is 6.16. The quantitative estimate of drug-likeness (QED) is 0.623. The minimum Gasteiger partial charge on any atom is -0.497 e. The molecule has 0 bridgehead atoms. The predicted molar refractivity (Wildman–Crippen MR) is 112 cm³/mol. The molecule has 1 aliphatic heterocycles. The molecule has 3 aromatic rings. The molecule has 1 aromatic carbocycles. The van der Waals surface area contributed by atoms with E-state index in [0.717, 1.165) is 12.6 Å². The first-order valence-corrected chi connectivity index (χ1v) is 10.3. The zero-order valence-corrected chi connectivity index (χ0v) is 18.0. The lowest BCUT2D eigenvalue weighted by Gasteiger charge is -2.40. The Bertz CT molecular complexity index is 1100. The molecule has 2 aromatic heterocycles. The summed E-state index contributed by atoms with van der Waals surface area (Å²) in [5, 5.41) is 11.4. The number of carbonyl (C=O) groups excluding carboxylic acids is 1. The smallest absolute Gasteiger partial charge is 0.434 e. The molecule has 1 N–H and O–H groups in total. The molecule has 9 nitrogen and oxygen atoms in total. The molecule has 2 atom stereocenters. The Morgan fingerprint density at radius 3 is 2.58 bits per heavy atom. The highest BCUT2D eigenvalue weighted by molar-refractivity contribution is 5.98. The molecule has 1 aliphatic rings. The van der Waals surface area contributed by atoms with Gasteiger partial charge in [0.15, 0.2) is 5.69 Å². The van der Waals surface area contributed by atoms with Crippen LogP contribution in [0.25, 0.3) is 5.69 Å². The first kappa shape index (κ1) is 22.5. The Hall–Kier alpha value is -3.70. The van der Waals surface area contributed by atoms with Crippen molar-refractivity contribution in [2.24, 2.45) is 0 Å². The Labute approximate surface area is 187 Å². The summed E-state index contributed by atoms with van der Waals surface area (Å²) in [7, 11) is 1.53. The second-order valence-electron chi connectivity index (χ2n) is 7.62. The van der Waals surface area contributed by atoms with Gasteiger partial charge in [0.25, 0.3) is 5.91 Å². The second-order valence-corrected chi connectivity index (χ2v) is 7.62. The molecule has 12 heteroatoms. The molecule has 1 saturated heterocycles. The maximum atomic E-state index is 13.5. The highest BCUT2D eigenvalue weighted by Crippen LogP contribution is 2.29. The monoisotopic (exact) mass is 461 g/mol. The van der Waals surface area contributed by atoms with E-state index in [9.17, 15) is 18.0 Å². The van der Waals surface area contributed by atoms with Gasteiger partial charge < -0.3 is 15.0 Å². The lowest BCUT2D eigenvalue weighted by molar-refractivity contribution is -0.141. The number of nitrogens with one attached hydrogen (secondary N) is 1. The van der Waals surface area contributed by atoms with E-state index in [1.165, 1.54) is 24.3 Å². The van der Waals surface area contributed by atoms with Crippen LogP contribution in [-0.2, 0) is 6.18 Å². The average molecular weight is 461 g/mol. The molecular formula is C21H22F3N7O2. The van der Waals surface area contributed by atoms with Crippen molar-refractivity contribution < 1.29 is 22.7 Å². The lowest BCUT2D eigenvalue weighted by Crippen LogP contribution is -2.52. The van der Waals surface area contributed by atoms with Gasteiger partial charge in [-0.25, -0.2) is 9.97 Å². The van der Waals surface area contributed by atoms with Crippen LogP contribution in [0.4, 0.5) is 19.0 Å². The van der Waals surface area contributed by atoms with Crippen molar-refractivity contribution in [3.05, 3.63) is 54.2 Å². The van der Waals surface area contributed by atoms with E-state index >= 15 is 0 Å². The number of piperidine rings is 1. The van der Waals surface area contributed by atoms with Crippen LogP contribution < -0.4 is 10.1 Å². The summed E-state index contributed by atoms with van der Waals surface area (Å²) < 4.78 is 43.5. The molecule has 0 spiro atoms. The van der Waals surface area contributed by atoms with Crippen molar-refractivity contribution in [3.63, 3.8) is 0 Å². The van der Waals surface area contributed by atoms with Gasteiger partial charge in [0.2, 0.25) is 0 Å². The fourth-order valence-corrected chi connectivity index (χ4v) is 3.84. The predicted octanol–water partition coefficient (Wildman–Crippen LogP) is 3.19. The number of alkyl halides is 3. The maximum Gasteiger partial charge on any atom is 0.434 e. The van der Waals surface area contributed by atoms with Gasteiger partial charge in [-0.3, -0.25) is 4.79 Å². The number of nitrogens with zero attached hydrogens (tertiary/aromatic N) is 6. The number of hydrogen-bond donors (Lipinski definition) is 1. The SMILES string of the molecule is COc1ccc(C(=O)N2CCCC(Nc3cnc(C(F)(F)F)cn3)C2C)c(-n2nccn2)c1. The summed E-state index contributed by atoms with van der Waals surface area (Å²) in [4.78, 5) is 23.9. The molecule has 1 amide bonds. The molecule has 0 saturated carbocycles. The number of ether oxygens (including phenoxy) is 1. The Balaban J connectivity index is 1.55. The van der Waals surface area contributed by atoms with Crippen LogP contribution in [0.2, 0.25) is 0 Å². The Morgan fingerprint density at radius 1 is 1.18 bits per heavy atom. The number of rotatable bonds is 5. The normalized spacial score (nSPS) is 18.8. The van der Waals surface area contributed by atoms with E-state index in [1.54, 1.807) is 23.1 Å². The summed E-state index contributed by atoms with van der Waals surface area (Å²) >= 11 is 0. The van der Waals surface area contributed by atoms with Crippen LogP contribution in [0.1, 0.15) is 35.8 Å². The third-order valence-electron chi connectivity index (χ3n) is 5.59. The largest absolute Gasteiger partial charge is 0.497 e. The van der Waals surface area contributed by atoms with Gasteiger partial charge >= 0.3 is 6.18 Å². The number of halogens is 3. The van der Waals surface area contributed by atoms with Crippen LogP contribution in [0.15, 0.2) is 43.0 Å². The lowest BCUT2D eigenvalue weighted by atomic mass is 9.96. The first-order chi connectivity index (χ1) is 15.8. The van der Waals surface area contributed by atoms with E-state index in [4.69, 9.17) is 4.74 Å². The van der Waals surface area contributed by atoms with Gasteiger partial charge in [0.1, 0.15) is 17.3 Å². The number of methoxy groups -OCH3 is 1. The number of carbonyl (C=O) groups is 1. The third-order valence-corrected chi connectivity index (χ3v) is 5.59. The molecule has 2 unspecified atom stereocenters. The number of anilines is 1. The molecule has 0 radical (unpaired) electrons. The van der Waals surface area contributed by atoms with Crippen molar-refractivity contribution in [3.8, 4) is 11.4 Å². The van der Waals surface area contributed by atoms with Crippen LogP contribution in [0.5, 0.6) is 5.75 Å². The molecule has 174 valence electrons. The molecule has 33 heavy (non-hydrogen) atoms. The summed E-state index contributed by atoms with van der Waals surface area (Å²) in [6.07, 6.45) is 1.68. The van der Waals surface area contributed by atoms with Gasteiger partial charge in [0, 0.05) is 24.7 Å². The van der Waals surface area contributed by atoms with Crippen molar-refractivity contribution in [2.75, 3.05) is 19.0 Å². The zero-order valence-electron chi connectivity index (χ0n) is 18.0. The standard InChI is InChI=1S/C21H22F3N7O2/c1-13-16(29-19-12-25-18(11-26-19)21(22,23)24)4-3-9-30(13)20(32)15-6-5-14(33-2)10-17(15)31-27-7-8-28-31/h5-8,10-13,16H,3-4,9H2,1-2H3,(H,26,29). The van der Waals surface area contributed by atoms with Crippen LogP contribution >= 0.6 is 0 Å². The zero-order chi connectivity index (χ0) is 23.6. The van der Waals surface area contributed by atoms with E-state index in [0.29, 0.717) is 36.2 Å². The van der Waals surface area contributed by atoms with Crippen LogP contribution in [0, 0.1) is 0 Å². The number of hydrogen-bond acceptors (Lipinski definition) is 7. The molecule has 4 rings (SSSR count). The van der Waals surface area contributed by atoms with E-state index in [2.05, 4.69) is 25.5 Å². The van der Waals surface area contributed by atoms with Crippen molar-refractivity contribution in [1.29, 1.82) is 0 Å². The maximum absolute atomic E-state index is 13.5. The highest BCUT2D eigenvalue weighted by atomic mass is 19.4. The summed E-state index contributed by atoms with van der Waals surface area (Å²) in [6.45, 7) is 2.43. The molecule has 1 fully saturated rings. The average Bonchev–Trinajstić information content (AvgIpc) is 3.34. The highest BCUT2D eigenvalue weighted by Gasteiger charge is 2.35. The topological polar surface area (TPSA) is 98.1 Å². The summed E-state index contributed by atoms with van der Waals surface area (Å²) in [5.41, 5.74) is -0.158. The second kappa shape index (κ2) is 9.04. The molecule has 3 heterocycles. The number of amides is 1. The van der Waals surface area contributed by atoms with E-state index < -0.39 is 11.9 Å². The van der Waals surface area contributed by atoms with Gasteiger partial charge in [-0.2, -0.15) is 28.2 Å². The van der Waals surface area contributed by atoms with Gasteiger partial charge in [-0.05, 0) is 31.9 Å².